The summed E-state index contributed by atoms with van der Waals surface area (Å²) < 4.78 is 5.95. The first-order valence-electron chi connectivity index (χ1n) is 12.5. The Balaban J connectivity index is 1.19. The largest absolute Gasteiger partial charge is 0.491 e. The molecule has 2 atom stereocenters. The van der Waals surface area contributed by atoms with Gasteiger partial charge in [-0.3, -0.25) is 14.6 Å². The van der Waals surface area contributed by atoms with E-state index in [1.165, 1.54) is 11.1 Å². The Labute approximate surface area is 201 Å². The van der Waals surface area contributed by atoms with Gasteiger partial charge >= 0.3 is 0 Å². The predicted molar refractivity (Wildman–Crippen MR) is 130 cm³/mol. The number of carbonyl (C=O) groups is 1. The molecule has 0 aliphatic carbocycles. The highest BCUT2D eigenvalue weighted by Gasteiger charge is 2.27. The Morgan fingerprint density at radius 2 is 1.88 bits per heavy atom. The van der Waals surface area contributed by atoms with Gasteiger partial charge in [0.05, 0.1) is 24.3 Å². The zero-order valence-electron chi connectivity index (χ0n) is 19.7. The zero-order chi connectivity index (χ0) is 23.5. The summed E-state index contributed by atoms with van der Waals surface area (Å²) in [6.45, 7) is 5.88. The number of aliphatic hydroxyl groups excluding tert-OH is 2. The van der Waals surface area contributed by atoms with Crippen LogP contribution in [-0.2, 0) is 19.5 Å². The topological polar surface area (TPSA) is 76.5 Å². The average molecular weight is 466 g/mol. The number of rotatable bonds is 6. The van der Waals surface area contributed by atoms with E-state index in [0.717, 1.165) is 51.0 Å². The maximum atomic E-state index is 13.3. The molecule has 1 saturated heterocycles. The molecule has 2 N–H and O–H groups in total. The van der Waals surface area contributed by atoms with Gasteiger partial charge < -0.3 is 19.8 Å². The summed E-state index contributed by atoms with van der Waals surface area (Å²) in [5.74, 6) is 0.528. The van der Waals surface area contributed by atoms with Crippen molar-refractivity contribution in [2.24, 2.45) is 0 Å². The Bertz CT molecular complexity index is 1010. The second-order valence-electron chi connectivity index (χ2n) is 9.87. The number of aliphatic hydroxyl groups is 2. The molecule has 2 aromatic carbocycles. The summed E-state index contributed by atoms with van der Waals surface area (Å²) in [5.41, 5.74) is 4.35. The molecular weight excluding hydrogens is 430 g/mol. The first-order chi connectivity index (χ1) is 16.5. The Kier molecular flexibility index (Phi) is 7.15. The standard InChI is InChI=1S/C27H35N3O4/c31-23-6-3-10-28(17-23)15-20-7-8-25-26(14-20)34-13-12-30(27(25)33)19-24(32)18-29-11-9-21-4-1-2-5-22(21)16-29/h1-2,4-5,7-8,14,23-24,31-32H,3,6,9-13,15-19H2. The highest BCUT2D eigenvalue weighted by Crippen LogP contribution is 2.26. The van der Waals surface area contributed by atoms with Crippen molar-refractivity contribution in [1.29, 1.82) is 0 Å². The van der Waals surface area contributed by atoms with E-state index in [1.54, 1.807) is 4.90 Å². The summed E-state index contributed by atoms with van der Waals surface area (Å²) in [5, 5.41) is 20.7. The van der Waals surface area contributed by atoms with Gasteiger partial charge in [-0.2, -0.15) is 0 Å². The third-order valence-electron chi connectivity index (χ3n) is 7.18. The summed E-state index contributed by atoms with van der Waals surface area (Å²) in [4.78, 5) is 19.5. The molecule has 5 rings (SSSR count). The number of carbonyl (C=O) groups excluding carboxylic acids is 1. The Morgan fingerprint density at radius 1 is 1.03 bits per heavy atom. The van der Waals surface area contributed by atoms with Gasteiger partial charge in [-0.05, 0) is 54.6 Å². The third kappa shape index (κ3) is 5.44. The van der Waals surface area contributed by atoms with Crippen molar-refractivity contribution in [3.63, 3.8) is 0 Å². The second-order valence-corrected chi connectivity index (χ2v) is 9.87. The van der Waals surface area contributed by atoms with Crippen LogP contribution < -0.4 is 4.74 Å². The monoisotopic (exact) mass is 465 g/mol. The summed E-state index contributed by atoms with van der Waals surface area (Å²) in [7, 11) is 0. The number of benzene rings is 2. The number of ether oxygens (including phenoxy) is 1. The van der Waals surface area contributed by atoms with Crippen molar-refractivity contribution in [1.82, 2.24) is 14.7 Å². The molecule has 3 aliphatic rings. The van der Waals surface area contributed by atoms with Crippen molar-refractivity contribution in [3.8, 4) is 5.75 Å². The molecule has 0 aromatic heterocycles. The summed E-state index contributed by atoms with van der Waals surface area (Å²) in [6.07, 6.45) is 1.99. The van der Waals surface area contributed by atoms with E-state index in [-0.39, 0.29) is 12.0 Å². The lowest BCUT2D eigenvalue weighted by molar-refractivity contribution is 0.0501. The van der Waals surface area contributed by atoms with E-state index in [4.69, 9.17) is 4.74 Å². The number of fused-ring (bicyclic) bond motifs is 2. The van der Waals surface area contributed by atoms with Gasteiger partial charge in [0, 0.05) is 39.3 Å². The fraction of sp³-hybridized carbons (Fsp3) is 0.519. The van der Waals surface area contributed by atoms with Crippen molar-refractivity contribution < 1.29 is 19.7 Å². The summed E-state index contributed by atoms with van der Waals surface area (Å²) >= 11 is 0. The number of likely N-dealkylation sites (tertiary alicyclic amines) is 1. The number of hydrogen-bond acceptors (Lipinski definition) is 6. The second kappa shape index (κ2) is 10.4. The smallest absolute Gasteiger partial charge is 0.257 e. The first kappa shape index (κ1) is 23.3. The highest BCUT2D eigenvalue weighted by atomic mass is 16.5. The van der Waals surface area contributed by atoms with Crippen LogP contribution in [0.25, 0.3) is 0 Å². The molecule has 2 unspecified atom stereocenters. The molecule has 3 heterocycles. The maximum Gasteiger partial charge on any atom is 0.257 e. The van der Waals surface area contributed by atoms with Crippen LogP contribution in [0.15, 0.2) is 42.5 Å². The lowest BCUT2D eigenvalue weighted by atomic mass is 10.00. The molecular formula is C27H35N3O4. The molecule has 3 aliphatic heterocycles. The number of amides is 1. The number of nitrogens with zero attached hydrogens (tertiary/aromatic N) is 3. The van der Waals surface area contributed by atoms with E-state index in [9.17, 15) is 15.0 Å². The Hall–Kier alpha value is -2.45. The molecule has 1 amide bonds. The van der Waals surface area contributed by atoms with Gasteiger partial charge in [-0.15, -0.1) is 0 Å². The normalized spacial score (nSPS) is 22.5. The first-order valence-corrected chi connectivity index (χ1v) is 12.5. The average Bonchev–Trinajstić information content (AvgIpc) is 2.97. The molecule has 0 radical (unpaired) electrons. The molecule has 7 heteroatoms. The van der Waals surface area contributed by atoms with E-state index in [2.05, 4.69) is 34.1 Å². The van der Waals surface area contributed by atoms with Gasteiger partial charge in [-0.1, -0.05) is 30.3 Å². The van der Waals surface area contributed by atoms with Crippen LogP contribution in [0.2, 0.25) is 0 Å². The van der Waals surface area contributed by atoms with Crippen LogP contribution in [0.4, 0.5) is 0 Å². The zero-order valence-corrected chi connectivity index (χ0v) is 19.7. The molecule has 7 nitrogen and oxygen atoms in total. The lowest BCUT2D eigenvalue weighted by Gasteiger charge is -2.32. The minimum atomic E-state index is -0.611. The van der Waals surface area contributed by atoms with Crippen LogP contribution in [0.5, 0.6) is 5.75 Å². The fourth-order valence-electron chi connectivity index (χ4n) is 5.43. The molecule has 0 spiro atoms. The van der Waals surface area contributed by atoms with Crippen LogP contribution in [0.3, 0.4) is 0 Å². The van der Waals surface area contributed by atoms with E-state index < -0.39 is 6.10 Å². The summed E-state index contributed by atoms with van der Waals surface area (Å²) in [6, 6.07) is 14.3. The number of β-amino-alcohol motifs (C(OH)–C–C–N with tert-alkyl or cyclic N) is 2. The molecule has 182 valence electrons. The Morgan fingerprint density at radius 3 is 2.74 bits per heavy atom. The molecule has 0 saturated carbocycles. The quantitative estimate of drug-likeness (QED) is 0.679. The van der Waals surface area contributed by atoms with Crippen LogP contribution >= 0.6 is 0 Å². The minimum Gasteiger partial charge on any atom is -0.491 e. The van der Waals surface area contributed by atoms with Crippen molar-refractivity contribution in [2.75, 3.05) is 45.9 Å². The van der Waals surface area contributed by atoms with Crippen LogP contribution in [0, 0.1) is 0 Å². The van der Waals surface area contributed by atoms with E-state index in [0.29, 0.717) is 44.1 Å². The van der Waals surface area contributed by atoms with E-state index >= 15 is 0 Å². The molecule has 34 heavy (non-hydrogen) atoms. The molecule has 0 bridgehead atoms. The maximum absolute atomic E-state index is 13.3. The lowest BCUT2D eigenvalue weighted by Crippen LogP contribution is -2.44. The van der Waals surface area contributed by atoms with Gasteiger partial charge in [-0.25, -0.2) is 0 Å². The predicted octanol–water partition coefficient (Wildman–Crippen LogP) is 1.90. The van der Waals surface area contributed by atoms with Gasteiger partial charge in [0.15, 0.2) is 0 Å². The van der Waals surface area contributed by atoms with Crippen LogP contribution in [-0.4, -0.2) is 88.9 Å². The number of hydrogen-bond donors (Lipinski definition) is 2. The van der Waals surface area contributed by atoms with Crippen LogP contribution in [0.1, 0.15) is 39.9 Å². The van der Waals surface area contributed by atoms with E-state index in [1.807, 2.05) is 18.2 Å². The fourth-order valence-corrected chi connectivity index (χ4v) is 5.43. The molecule has 1 fully saturated rings. The van der Waals surface area contributed by atoms with Gasteiger partial charge in [0.2, 0.25) is 0 Å². The SMILES string of the molecule is O=C1c2ccc(CN3CCCC(O)C3)cc2OCCN1CC(O)CN1CCc2ccccc2C1. The van der Waals surface area contributed by atoms with Crippen molar-refractivity contribution in [2.45, 2.75) is 44.6 Å². The van der Waals surface area contributed by atoms with Gasteiger partial charge in [0.1, 0.15) is 12.4 Å². The minimum absolute atomic E-state index is 0.0875. The number of piperidine rings is 1. The molecule has 2 aromatic rings. The van der Waals surface area contributed by atoms with Crippen molar-refractivity contribution in [3.05, 3.63) is 64.7 Å². The van der Waals surface area contributed by atoms with Gasteiger partial charge in [0.25, 0.3) is 5.91 Å². The third-order valence-corrected chi connectivity index (χ3v) is 7.18. The van der Waals surface area contributed by atoms with Crippen molar-refractivity contribution >= 4 is 5.91 Å². The highest BCUT2D eigenvalue weighted by molar-refractivity contribution is 5.97.